The molecule has 0 N–H and O–H groups in total. The maximum atomic E-state index is 5.06. The molecule has 0 aliphatic rings. The van der Waals surface area contributed by atoms with Crippen LogP contribution in [0.25, 0.3) is 110 Å². The molecule has 0 radical (unpaired) electrons. The number of fused-ring (bicyclic) bond motifs is 3. The van der Waals surface area contributed by atoms with Gasteiger partial charge in [0.05, 0.1) is 22.8 Å². The fourth-order valence-electron chi connectivity index (χ4n) is 8.09. The van der Waals surface area contributed by atoms with Crippen molar-refractivity contribution in [2.45, 2.75) is 0 Å². The maximum Gasteiger partial charge on any atom is 0.160 e. The van der Waals surface area contributed by atoms with Gasteiger partial charge in [-0.2, -0.15) is 0 Å². The van der Waals surface area contributed by atoms with Crippen molar-refractivity contribution in [3.63, 3.8) is 0 Å². The highest BCUT2D eigenvalue weighted by molar-refractivity contribution is 7.26. The lowest BCUT2D eigenvalue weighted by molar-refractivity contribution is 1.18. The van der Waals surface area contributed by atoms with Crippen LogP contribution in [0.15, 0.2) is 218 Å². The summed E-state index contributed by atoms with van der Waals surface area (Å²) in [5, 5.41) is 2.51. The first-order chi connectivity index (χ1) is 30.2. The van der Waals surface area contributed by atoms with Crippen LogP contribution in [-0.4, -0.2) is 19.9 Å². The molecule has 0 unspecified atom stereocenters. The molecule has 8 aromatic carbocycles. The monoisotopic (exact) mass is 796 g/mol. The van der Waals surface area contributed by atoms with Gasteiger partial charge in [0.1, 0.15) is 0 Å². The SMILES string of the molecule is c1ccc(-c2cc(-c3ccccc3)nc(-c3ccc(-c4cccc5c4sc4cccc(-c6ccc(-c7nc(-c8ccccc8)cc(-c8ccccc8)n7)cc6)c45)cc3)n2)cc1. The Bertz CT molecular complexity index is 3200. The van der Waals surface area contributed by atoms with Gasteiger partial charge in [-0.1, -0.05) is 200 Å². The van der Waals surface area contributed by atoms with Crippen LogP contribution >= 0.6 is 11.3 Å². The highest BCUT2D eigenvalue weighted by atomic mass is 32.1. The van der Waals surface area contributed by atoms with Crippen LogP contribution in [0.3, 0.4) is 0 Å². The molecule has 0 aliphatic carbocycles. The lowest BCUT2D eigenvalue weighted by Crippen LogP contribution is -1.96. The minimum atomic E-state index is 0.703. The Hall–Kier alpha value is -7.86. The van der Waals surface area contributed by atoms with Gasteiger partial charge in [0, 0.05) is 53.6 Å². The molecule has 11 aromatic rings. The van der Waals surface area contributed by atoms with E-state index in [2.05, 4.69) is 146 Å². The largest absolute Gasteiger partial charge is 0.228 e. The smallest absolute Gasteiger partial charge is 0.160 e. The topological polar surface area (TPSA) is 51.6 Å². The van der Waals surface area contributed by atoms with E-state index in [1.54, 1.807) is 0 Å². The molecule has 0 saturated heterocycles. The summed E-state index contributed by atoms with van der Waals surface area (Å²) >= 11 is 1.85. The van der Waals surface area contributed by atoms with E-state index >= 15 is 0 Å². The predicted octanol–water partition coefficient (Wildman–Crippen LogP) is 15.0. The van der Waals surface area contributed by atoms with Crippen molar-refractivity contribution >= 4 is 31.5 Å². The Labute approximate surface area is 358 Å². The number of rotatable bonds is 8. The van der Waals surface area contributed by atoms with Crippen LogP contribution in [0.1, 0.15) is 0 Å². The first kappa shape index (κ1) is 36.2. The zero-order valence-electron chi connectivity index (χ0n) is 33.0. The molecule has 0 atom stereocenters. The predicted molar refractivity (Wildman–Crippen MR) is 254 cm³/mol. The van der Waals surface area contributed by atoms with Crippen molar-refractivity contribution in [3.05, 3.63) is 218 Å². The van der Waals surface area contributed by atoms with E-state index in [-0.39, 0.29) is 0 Å². The van der Waals surface area contributed by atoms with Gasteiger partial charge in [0.2, 0.25) is 0 Å². The summed E-state index contributed by atoms with van der Waals surface area (Å²) in [4.78, 5) is 20.2. The lowest BCUT2D eigenvalue weighted by atomic mass is 9.96. The average Bonchev–Trinajstić information content (AvgIpc) is 3.74. The van der Waals surface area contributed by atoms with Crippen molar-refractivity contribution in [3.8, 4) is 90.1 Å². The number of hydrogen-bond acceptors (Lipinski definition) is 5. The summed E-state index contributed by atoms with van der Waals surface area (Å²) in [5.41, 5.74) is 14.5. The van der Waals surface area contributed by atoms with Crippen LogP contribution in [0.5, 0.6) is 0 Å². The van der Waals surface area contributed by atoms with E-state index < -0.39 is 0 Å². The van der Waals surface area contributed by atoms with Gasteiger partial charge in [-0.15, -0.1) is 11.3 Å². The Balaban J connectivity index is 0.944. The summed E-state index contributed by atoms with van der Waals surface area (Å²) in [5.74, 6) is 1.41. The summed E-state index contributed by atoms with van der Waals surface area (Å²) in [6.45, 7) is 0. The van der Waals surface area contributed by atoms with Crippen LogP contribution in [0, 0.1) is 0 Å². The minimum Gasteiger partial charge on any atom is -0.228 e. The minimum absolute atomic E-state index is 0.703. The Kier molecular flexibility index (Phi) is 9.34. The zero-order valence-corrected chi connectivity index (χ0v) is 33.8. The van der Waals surface area contributed by atoms with Crippen molar-refractivity contribution in [1.82, 2.24) is 19.9 Å². The van der Waals surface area contributed by atoms with E-state index in [0.29, 0.717) is 11.6 Å². The molecule has 5 heteroatoms. The molecule has 0 aliphatic heterocycles. The molecule has 0 fully saturated rings. The van der Waals surface area contributed by atoms with Crippen LogP contribution < -0.4 is 0 Å². The summed E-state index contributed by atoms with van der Waals surface area (Å²) in [6, 6.07) is 76.1. The zero-order chi connectivity index (χ0) is 40.5. The number of thiophene rings is 1. The van der Waals surface area contributed by atoms with E-state index in [1.807, 2.05) is 84.1 Å². The molecule has 4 nitrogen and oxygen atoms in total. The van der Waals surface area contributed by atoms with Crippen molar-refractivity contribution < 1.29 is 0 Å². The first-order valence-corrected chi connectivity index (χ1v) is 21.2. The molecule has 3 aromatic heterocycles. The third kappa shape index (κ3) is 7.07. The second kappa shape index (κ2) is 15.7. The van der Waals surface area contributed by atoms with Gasteiger partial charge in [-0.05, 0) is 40.5 Å². The van der Waals surface area contributed by atoms with E-state index in [1.165, 1.54) is 31.3 Å². The van der Waals surface area contributed by atoms with E-state index in [9.17, 15) is 0 Å². The van der Waals surface area contributed by atoms with Crippen LogP contribution in [-0.2, 0) is 0 Å². The number of benzene rings is 8. The van der Waals surface area contributed by atoms with Gasteiger partial charge in [0.25, 0.3) is 0 Å². The fraction of sp³-hybridized carbons (Fsp3) is 0. The molecule has 0 bridgehead atoms. The first-order valence-electron chi connectivity index (χ1n) is 20.4. The quantitative estimate of drug-likeness (QED) is 0.154. The Morgan fingerprint density at radius 3 is 1.07 bits per heavy atom. The number of hydrogen-bond donors (Lipinski definition) is 0. The second-order valence-corrected chi connectivity index (χ2v) is 16.1. The highest BCUT2D eigenvalue weighted by Gasteiger charge is 2.17. The van der Waals surface area contributed by atoms with Gasteiger partial charge in [0.15, 0.2) is 11.6 Å². The molecular weight excluding hydrogens is 761 g/mol. The third-order valence-electron chi connectivity index (χ3n) is 11.2. The molecular formula is C56H36N4S. The summed E-state index contributed by atoms with van der Waals surface area (Å²) < 4.78 is 2.52. The Morgan fingerprint density at radius 1 is 0.279 bits per heavy atom. The van der Waals surface area contributed by atoms with Crippen LogP contribution in [0.2, 0.25) is 0 Å². The lowest BCUT2D eigenvalue weighted by Gasteiger charge is -2.11. The number of aromatic nitrogens is 4. The maximum absolute atomic E-state index is 5.06. The highest BCUT2D eigenvalue weighted by Crippen LogP contribution is 2.44. The molecule has 0 saturated carbocycles. The molecule has 61 heavy (non-hydrogen) atoms. The molecule has 0 spiro atoms. The van der Waals surface area contributed by atoms with Gasteiger partial charge in [-0.25, -0.2) is 19.9 Å². The van der Waals surface area contributed by atoms with Crippen molar-refractivity contribution in [2.24, 2.45) is 0 Å². The molecule has 286 valence electrons. The standard InChI is InChI=1S/C56H36N4S/c1-5-15-39(16-6-1)48-35-49(40-17-7-2-8-18-40)58-55(57-48)43-31-27-37(28-32-43)45-23-14-26-52-53(45)47-25-13-24-46(54(47)61-52)38-29-33-44(34-30-38)56-59-50(41-19-9-3-10-20-41)36-51(60-56)42-21-11-4-12-22-42/h1-36H. The fourth-order valence-corrected chi connectivity index (χ4v) is 9.36. The van der Waals surface area contributed by atoms with Gasteiger partial charge < -0.3 is 0 Å². The number of nitrogens with zero attached hydrogens (tertiary/aromatic N) is 4. The molecule has 0 amide bonds. The summed E-state index contributed by atoms with van der Waals surface area (Å²) in [6.07, 6.45) is 0. The second-order valence-electron chi connectivity index (χ2n) is 15.0. The van der Waals surface area contributed by atoms with E-state index in [4.69, 9.17) is 19.9 Å². The normalized spacial score (nSPS) is 11.3. The Morgan fingerprint density at radius 2 is 0.639 bits per heavy atom. The summed E-state index contributed by atoms with van der Waals surface area (Å²) in [7, 11) is 0. The van der Waals surface area contributed by atoms with Gasteiger partial charge in [-0.3, -0.25) is 0 Å². The van der Waals surface area contributed by atoms with Crippen molar-refractivity contribution in [1.29, 1.82) is 0 Å². The molecule has 3 heterocycles. The van der Waals surface area contributed by atoms with Gasteiger partial charge >= 0.3 is 0 Å². The van der Waals surface area contributed by atoms with E-state index in [0.717, 1.165) is 67.3 Å². The van der Waals surface area contributed by atoms with Crippen molar-refractivity contribution in [2.75, 3.05) is 0 Å². The average molecular weight is 797 g/mol. The molecule has 11 rings (SSSR count). The van der Waals surface area contributed by atoms with Crippen LogP contribution in [0.4, 0.5) is 0 Å². The third-order valence-corrected chi connectivity index (χ3v) is 12.4.